The third-order valence-corrected chi connectivity index (χ3v) is 5.06. The van der Waals surface area contributed by atoms with Gasteiger partial charge in [-0.1, -0.05) is 12.8 Å². The SMILES string of the molecule is CC(C)(C)OC(=O)NC12CC(C3CCCC3)(C1)C2. The highest BCUT2D eigenvalue weighted by Gasteiger charge is 2.70. The summed E-state index contributed by atoms with van der Waals surface area (Å²) in [6.45, 7) is 5.73. The maximum Gasteiger partial charge on any atom is 0.408 e. The van der Waals surface area contributed by atoms with E-state index in [1.165, 1.54) is 44.9 Å². The van der Waals surface area contributed by atoms with Crippen LogP contribution in [0.15, 0.2) is 0 Å². The minimum atomic E-state index is -0.392. The Morgan fingerprint density at radius 2 is 1.72 bits per heavy atom. The molecule has 18 heavy (non-hydrogen) atoms. The van der Waals surface area contributed by atoms with Gasteiger partial charge >= 0.3 is 6.09 Å². The van der Waals surface area contributed by atoms with E-state index in [4.69, 9.17) is 4.74 Å². The quantitative estimate of drug-likeness (QED) is 0.814. The number of hydrogen-bond acceptors (Lipinski definition) is 2. The van der Waals surface area contributed by atoms with Gasteiger partial charge in [0.05, 0.1) is 0 Å². The molecule has 3 heteroatoms. The fraction of sp³-hybridized carbons (Fsp3) is 0.933. The Bertz CT molecular complexity index is 343. The van der Waals surface area contributed by atoms with Gasteiger partial charge < -0.3 is 10.1 Å². The summed E-state index contributed by atoms with van der Waals surface area (Å²) in [6.07, 6.45) is 9.03. The summed E-state index contributed by atoms with van der Waals surface area (Å²) in [5.41, 5.74) is 0.313. The Morgan fingerprint density at radius 3 is 2.22 bits per heavy atom. The minimum Gasteiger partial charge on any atom is -0.444 e. The van der Waals surface area contributed by atoms with Crippen LogP contribution in [-0.2, 0) is 4.74 Å². The molecule has 0 unspecified atom stereocenters. The zero-order valence-corrected chi connectivity index (χ0v) is 11.8. The molecule has 3 nitrogen and oxygen atoms in total. The molecule has 4 aliphatic rings. The summed E-state index contributed by atoms with van der Waals surface area (Å²) in [6, 6.07) is 0. The highest BCUT2D eigenvalue weighted by Crippen LogP contribution is 2.72. The number of carbonyl (C=O) groups excluding carboxylic acids is 1. The average Bonchev–Trinajstić information content (AvgIpc) is 2.57. The van der Waals surface area contributed by atoms with Crippen LogP contribution in [0.25, 0.3) is 0 Å². The first-order valence-electron chi connectivity index (χ1n) is 7.34. The van der Waals surface area contributed by atoms with E-state index in [-0.39, 0.29) is 11.6 Å². The van der Waals surface area contributed by atoms with Gasteiger partial charge in [-0.2, -0.15) is 0 Å². The van der Waals surface area contributed by atoms with Crippen molar-refractivity contribution in [3.8, 4) is 0 Å². The molecule has 0 atom stereocenters. The van der Waals surface area contributed by atoms with Crippen molar-refractivity contribution in [2.24, 2.45) is 11.3 Å². The van der Waals surface area contributed by atoms with Crippen molar-refractivity contribution < 1.29 is 9.53 Å². The second-order valence-electron chi connectivity index (χ2n) is 7.78. The fourth-order valence-corrected chi connectivity index (χ4v) is 4.49. The normalized spacial score (nSPS) is 38.8. The van der Waals surface area contributed by atoms with Crippen LogP contribution in [0.4, 0.5) is 4.79 Å². The first-order valence-corrected chi connectivity index (χ1v) is 7.34. The Labute approximate surface area is 110 Å². The molecule has 0 aromatic heterocycles. The predicted octanol–water partition coefficient (Wildman–Crippen LogP) is 3.62. The number of rotatable bonds is 2. The maximum atomic E-state index is 11.8. The molecule has 0 aromatic rings. The molecule has 0 aromatic carbocycles. The van der Waals surface area contributed by atoms with E-state index in [9.17, 15) is 4.79 Å². The second kappa shape index (κ2) is 3.64. The van der Waals surface area contributed by atoms with Crippen molar-refractivity contribution in [3.63, 3.8) is 0 Å². The summed E-state index contributed by atoms with van der Waals surface area (Å²) in [5.74, 6) is 0.944. The van der Waals surface area contributed by atoms with E-state index >= 15 is 0 Å². The molecule has 4 saturated carbocycles. The Kier molecular flexibility index (Phi) is 2.49. The number of nitrogens with one attached hydrogen (secondary N) is 1. The Balaban J connectivity index is 1.49. The highest BCUT2D eigenvalue weighted by atomic mass is 16.6. The van der Waals surface area contributed by atoms with Gasteiger partial charge in [0.2, 0.25) is 0 Å². The van der Waals surface area contributed by atoms with Crippen LogP contribution in [-0.4, -0.2) is 17.2 Å². The van der Waals surface area contributed by atoms with E-state index in [0.717, 1.165) is 5.92 Å². The lowest BCUT2D eigenvalue weighted by Crippen LogP contribution is -2.76. The topological polar surface area (TPSA) is 38.3 Å². The minimum absolute atomic E-state index is 0.102. The molecule has 4 fully saturated rings. The Morgan fingerprint density at radius 1 is 1.17 bits per heavy atom. The number of alkyl carbamates (subject to hydrolysis) is 1. The van der Waals surface area contributed by atoms with Crippen molar-refractivity contribution >= 4 is 6.09 Å². The number of carbonyl (C=O) groups is 1. The molecule has 1 amide bonds. The molecule has 0 heterocycles. The van der Waals surface area contributed by atoms with Crippen molar-refractivity contribution in [1.29, 1.82) is 0 Å². The van der Waals surface area contributed by atoms with Gasteiger partial charge in [-0.15, -0.1) is 0 Å². The number of hydrogen-bond donors (Lipinski definition) is 1. The highest BCUT2D eigenvalue weighted by molar-refractivity contribution is 5.70. The van der Waals surface area contributed by atoms with Gasteiger partial charge in [-0.3, -0.25) is 0 Å². The van der Waals surface area contributed by atoms with Crippen LogP contribution in [0, 0.1) is 11.3 Å². The molecule has 0 saturated heterocycles. The van der Waals surface area contributed by atoms with Crippen LogP contribution in [0.3, 0.4) is 0 Å². The maximum absolute atomic E-state index is 11.8. The Hall–Kier alpha value is -0.730. The summed E-state index contributed by atoms with van der Waals surface area (Å²) in [7, 11) is 0. The first kappa shape index (κ1) is 12.3. The van der Waals surface area contributed by atoms with E-state index in [1.54, 1.807) is 0 Å². The third-order valence-electron chi connectivity index (χ3n) is 5.06. The van der Waals surface area contributed by atoms with Crippen molar-refractivity contribution in [2.75, 3.05) is 0 Å². The van der Waals surface area contributed by atoms with Crippen LogP contribution in [0.2, 0.25) is 0 Å². The molecule has 0 radical (unpaired) electrons. The molecular formula is C15H25NO2. The van der Waals surface area contributed by atoms with Gasteiger partial charge in [-0.05, 0) is 64.2 Å². The van der Waals surface area contributed by atoms with Crippen molar-refractivity contribution in [1.82, 2.24) is 5.32 Å². The standard InChI is InChI=1S/C15H25NO2/c1-13(2,3)18-12(17)16-15-8-14(9-15,10-15)11-6-4-5-7-11/h11H,4-10H2,1-3H3,(H,16,17). The fourth-order valence-electron chi connectivity index (χ4n) is 4.49. The second-order valence-corrected chi connectivity index (χ2v) is 7.78. The largest absolute Gasteiger partial charge is 0.444 e. The first-order chi connectivity index (χ1) is 8.33. The smallest absolute Gasteiger partial charge is 0.408 e. The molecule has 1 N–H and O–H groups in total. The average molecular weight is 251 g/mol. The molecule has 102 valence electrons. The third kappa shape index (κ3) is 1.92. The van der Waals surface area contributed by atoms with E-state index in [0.29, 0.717) is 5.41 Å². The number of ether oxygens (including phenoxy) is 1. The lowest BCUT2D eigenvalue weighted by molar-refractivity contribution is -0.186. The molecular weight excluding hydrogens is 226 g/mol. The predicted molar refractivity (Wildman–Crippen MR) is 70.3 cm³/mol. The molecule has 4 rings (SSSR count). The summed E-state index contributed by atoms with van der Waals surface area (Å²) in [4.78, 5) is 11.8. The van der Waals surface area contributed by atoms with E-state index in [1.807, 2.05) is 20.8 Å². The van der Waals surface area contributed by atoms with E-state index < -0.39 is 5.60 Å². The van der Waals surface area contributed by atoms with Crippen LogP contribution >= 0.6 is 0 Å². The zero-order valence-electron chi connectivity index (χ0n) is 11.8. The monoisotopic (exact) mass is 251 g/mol. The number of amides is 1. The van der Waals surface area contributed by atoms with Crippen LogP contribution in [0.5, 0.6) is 0 Å². The summed E-state index contributed by atoms with van der Waals surface area (Å²) < 4.78 is 5.34. The van der Waals surface area contributed by atoms with Gasteiger partial charge in [0, 0.05) is 5.54 Å². The summed E-state index contributed by atoms with van der Waals surface area (Å²) >= 11 is 0. The molecule has 0 aliphatic heterocycles. The molecule has 4 aliphatic carbocycles. The van der Waals surface area contributed by atoms with Gasteiger partial charge in [-0.25, -0.2) is 4.79 Å². The van der Waals surface area contributed by atoms with Crippen molar-refractivity contribution in [2.45, 2.75) is 76.9 Å². The van der Waals surface area contributed by atoms with Gasteiger partial charge in [0.25, 0.3) is 0 Å². The zero-order chi connectivity index (χ0) is 13.0. The van der Waals surface area contributed by atoms with Gasteiger partial charge in [0.1, 0.15) is 5.60 Å². The van der Waals surface area contributed by atoms with Crippen LogP contribution < -0.4 is 5.32 Å². The van der Waals surface area contributed by atoms with E-state index in [2.05, 4.69) is 5.32 Å². The van der Waals surface area contributed by atoms with Crippen LogP contribution in [0.1, 0.15) is 65.7 Å². The van der Waals surface area contributed by atoms with Crippen molar-refractivity contribution in [3.05, 3.63) is 0 Å². The van der Waals surface area contributed by atoms with Gasteiger partial charge in [0.15, 0.2) is 0 Å². The summed E-state index contributed by atoms with van der Waals surface area (Å²) in [5, 5.41) is 3.10. The lowest BCUT2D eigenvalue weighted by atomic mass is 9.35. The lowest BCUT2D eigenvalue weighted by Gasteiger charge is -2.73. The molecule has 0 spiro atoms. The molecule has 2 bridgehead atoms.